The summed E-state index contributed by atoms with van der Waals surface area (Å²) >= 11 is 0. The summed E-state index contributed by atoms with van der Waals surface area (Å²) in [6.45, 7) is 0.168. The zero-order valence-corrected chi connectivity index (χ0v) is 13.9. The first-order chi connectivity index (χ1) is 12.8. The van der Waals surface area contributed by atoms with Crippen LogP contribution in [0.1, 0.15) is 17.2 Å². The van der Waals surface area contributed by atoms with Crippen LogP contribution in [-0.2, 0) is 6.18 Å². The van der Waals surface area contributed by atoms with Gasteiger partial charge >= 0.3 is 6.18 Å². The van der Waals surface area contributed by atoms with Crippen LogP contribution in [-0.4, -0.2) is 21.6 Å². The molecule has 2 N–H and O–H groups in total. The van der Waals surface area contributed by atoms with Crippen molar-refractivity contribution >= 4 is 5.82 Å². The molecule has 4 nitrogen and oxygen atoms in total. The van der Waals surface area contributed by atoms with Crippen molar-refractivity contribution < 1.29 is 22.7 Å². The average molecular weight is 377 g/mol. The standard InChI is InChI=1S/C19H15F4N3O/c20-15-8-13(6-7-14(15)19(21,22)23)16-9-18(26-11-25-16)24-10-17(27)12-4-2-1-3-5-12/h1-9,11,17,27H,10H2,(H,24,25,26). The maximum Gasteiger partial charge on any atom is 0.419 e. The summed E-state index contributed by atoms with van der Waals surface area (Å²) in [5.41, 5.74) is -0.155. The highest BCUT2D eigenvalue weighted by atomic mass is 19.4. The Morgan fingerprint density at radius 1 is 1.00 bits per heavy atom. The van der Waals surface area contributed by atoms with E-state index in [0.29, 0.717) is 11.9 Å². The molecule has 3 rings (SSSR count). The second-order valence-corrected chi connectivity index (χ2v) is 5.79. The van der Waals surface area contributed by atoms with Crippen molar-refractivity contribution in [3.63, 3.8) is 0 Å². The van der Waals surface area contributed by atoms with Crippen molar-refractivity contribution in [2.75, 3.05) is 11.9 Å². The number of halogens is 4. The number of hydrogen-bond acceptors (Lipinski definition) is 4. The van der Waals surface area contributed by atoms with Crippen LogP contribution in [0.4, 0.5) is 23.4 Å². The normalized spacial score (nSPS) is 12.6. The van der Waals surface area contributed by atoms with Crippen LogP contribution in [0.15, 0.2) is 60.9 Å². The Labute approximate surface area is 152 Å². The van der Waals surface area contributed by atoms with E-state index in [1.807, 2.05) is 6.07 Å². The molecule has 0 aliphatic heterocycles. The van der Waals surface area contributed by atoms with Gasteiger partial charge in [0.25, 0.3) is 0 Å². The van der Waals surface area contributed by atoms with Gasteiger partial charge in [-0.05, 0) is 17.7 Å². The number of benzene rings is 2. The molecule has 0 spiro atoms. The molecule has 0 saturated heterocycles. The topological polar surface area (TPSA) is 58.0 Å². The number of aliphatic hydroxyl groups is 1. The van der Waals surface area contributed by atoms with Gasteiger partial charge in [0, 0.05) is 18.2 Å². The molecular formula is C19H15F4N3O. The Morgan fingerprint density at radius 3 is 2.41 bits per heavy atom. The molecule has 1 aromatic heterocycles. The van der Waals surface area contributed by atoms with Gasteiger partial charge in [-0.15, -0.1) is 0 Å². The minimum atomic E-state index is -4.76. The molecular weight excluding hydrogens is 362 g/mol. The van der Waals surface area contributed by atoms with Gasteiger partial charge in [-0.25, -0.2) is 14.4 Å². The van der Waals surface area contributed by atoms with E-state index in [4.69, 9.17) is 0 Å². The maximum absolute atomic E-state index is 13.8. The lowest BCUT2D eigenvalue weighted by molar-refractivity contribution is -0.139. The highest BCUT2D eigenvalue weighted by molar-refractivity contribution is 5.62. The zero-order chi connectivity index (χ0) is 19.4. The van der Waals surface area contributed by atoms with Gasteiger partial charge in [-0.2, -0.15) is 13.2 Å². The van der Waals surface area contributed by atoms with E-state index in [2.05, 4.69) is 15.3 Å². The Hall–Kier alpha value is -3.00. The summed E-state index contributed by atoms with van der Waals surface area (Å²) < 4.78 is 51.8. The molecule has 0 fully saturated rings. The number of nitrogens with one attached hydrogen (secondary N) is 1. The van der Waals surface area contributed by atoms with Crippen molar-refractivity contribution in [2.45, 2.75) is 12.3 Å². The van der Waals surface area contributed by atoms with E-state index in [9.17, 15) is 22.7 Å². The average Bonchev–Trinajstić information content (AvgIpc) is 2.66. The summed E-state index contributed by atoms with van der Waals surface area (Å²) in [5, 5.41) is 13.1. The fraction of sp³-hybridized carbons (Fsp3) is 0.158. The van der Waals surface area contributed by atoms with E-state index >= 15 is 0 Å². The monoisotopic (exact) mass is 377 g/mol. The number of alkyl halides is 3. The van der Waals surface area contributed by atoms with E-state index in [0.717, 1.165) is 17.7 Å². The molecule has 0 bridgehead atoms. The Morgan fingerprint density at radius 2 is 1.74 bits per heavy atom. The predicted molar refractivity (Wildman–Crippen MR) is 92.3 cm³/mol. The number of anilines is 1. The van der Waals surface area contributed by atoms with Crippen LogP contribution in [0.25, 0.3) is 11.3 Å². The van der Waals surface area contributed by atoms with E-state index < -0.39 is 23.7 Å². The summed E-state index contributed by atoms with van der Waals surface area (Å²) in [4.78, 5) is 7.97. The zero-order valence-electron chi connectivity index (χ0n) is 13.9. The molecule has 0 aliphatic carbocycles. The Kier molecular flexibility index (Phi) is 5.36. The molecule has 2 aromatic carbocycles. The molecule has 3 aromatic rings. The molecule has 140 valence electrons. The van der Waals surface area contributed by atoms with Crippen molar-refractivity contribution in [1.29, 1.82) is 0 Å². The lowest BCUT2D eigenvalue weighted by Gasteiger charge is -2.13. The van der Waals surface area contributed by atoms with E-state index in [1.54, 1.807) is 24.3 Å². The molecule has 0 amide bonds. The molecule has 1 heterocycles. The van der Waals surface area contributed by atoms with Gasteiger partial charge in [0.2, 0.25) is 0 Å². The third-order valence-corrected chi connectivity index (χ3v) is 3.90. The number of aromatic nitrogens is 2. The smallest absolute Gasteiger partial charge is 0.387 e. The number of nitrogens with zero attached hydrogens (tertiary/aromatic N) is 2. The summed E-state index contributed by atoms with van der Waals surface area (Å²) in [6, 6.07) is 13.1. The van der Waals surface area contributed by atoms with E-state index in [1.165, 1.54) is 12.4 Å². The molecule has 0 radical (unpaired) electrons. The van der Waals surface area contributed by atoms with Gasteiger partial charge in [0.05, 0.1) is 17.4 Å². The third-order valence-electron chi connectivity index (χ3n) is 3.90. The van der Waals surface area contributed by atoms with Crippen molar-refractivity contribution in [1.82, 2.24) is 9.97 Å². The highest BCUT2D eigenvalue weighted by Gasteiger charge is 2.34. The minimum Gasteiger partial charge on any atom is -0.387 e. The first-order valence-corrected chi connectivity index (χ1v) is 8.00. The van der Waals surface area contributed by atoms with Crippen LogP contribution in [0.3, 0.4) is 0 Å². The van der Waals surface area contributed by atoms with Crippen LogP contribution in [0, 0.1) is 5.82 Å². The maximum atomic E-state index is 13.8. The van der Waals surface area contributed by atoms with E-state index in [-0.39, 0.29) is 17.8 Å². The van der Waals surface area contributed by atoms with Crippen LogP contribution in [0.5, 0.6) is 0 Å². The van der Waals surface area contributed by atoms with Crippen molar-refractivity contribution in [3.05, 3.63) is 77.9 Å². The largest absolute Gasteiger partial charge is 0.419 e. The summed E-state index contributed by atoms with van der Waals surface area (Å²) in [7, 11) is 0. The van der Waals surface area contributed by atoms with Gasteiger partial charge in [-0.3, -0.25) is 0 Å². The van der Waals surface area contributed by atoms with Crippen LogP contribution >= 0.6 is 0 Å². The lowest BCUT2D eigenvalue weighted by atomic mass is 10.1. The van der Waals surface area contributed by atoms with Crippen LogP contribution in [0.2, 0.25) is 0 Å². The van der Waals surface area contributed by atoms with Crippen molar-refractivity contribution in [3.8, 4) is 11.3 Å². The quantitative estimate of drug-likeness (QED) is 0.645. The number of rotatable bonds is 5. The molecule has 8 heteroatoms. The predicted octanol–water partition coefficient (Wildman–Crippen LogP) is 4.45. The Balaban J connectivity index is 1.75. The fourth-order valence-electron chi connectivity index (χ4n) is 2.51. The second kappa shape index (κ2) is 7.71. The van der Waals surface area contributed by atoms with Gasteiger partial charge in [0.15, 0.2) is 0 Å². The van der Waals surface area contributed by atoms with Crippen LogP contribution < -0.4 is 5.32 Å². The summed E-state index contributed by atoms with van der Waals surface area (Å²) in [5.74, 6) is -1.01. The van der Waals surface area contributed by atoms with Gasteiger partial charge < -0.3 is 10.4 Å². The summed E-state index contributed by atoms with van der Waals surface area (Å²) in [6.07, 6.45) is -4.32. The SMILES string of the molecule is OC(CNc1cc(-c2ccc(C(F)(F)F)c(F)c2)ncn1)c1ccccc1. The van der Waals surface area contributed by atoms with Gasteiger partial charge in [-0.1, -0.05) is 36.4 Å². The van der Waals surface area contributed by atoms with Gasteiger partial charge in [0.1, 0.15) is 18.0 Å². The number of hydrogen-bond donors (Lipinski definition) is 2. The highest BCUT2D eigenvalue weighted by Crippen LogP contribution is 2.33. The molecule has 1 unspecified atom stereocenters. The second-order valence-electron chi connectivity index (χ2n) is 5.79. The number of aliphatic hydroxyl groups excluding tert-OH is 1. The minimum absolute atomic E-state index is 0.168. The first-order valence-electron chi connectivity index (χ1n) is 8.00. The first kappa shape index (κ1) is 18.8. The Bertz CT molecular complexity index is 916. The molecule has 27 heavy (non-hydrogen) atoms. The fourth-order valence-corrected chi connectivity index (χ4v) is 2.51. The molecule has 0 aliphatic rings. The molecule has 1 atom stereocenters. The lowest BCUT2D eigenvalue weighted by Crippen LogP contribution is -2.13. The molecule has 0 saturated carbocycles. The van der Waals surface area contributed by atoms with Crippen molar-refractivity contribution in [2.24, 2.45) is 0 Å². The third kappa shape index (κ3) is 4.59.